The van der Waals surface area contributed by atoms with Gasteiger partial charge < -0.3 is 10.6 Å². The maximum Gasteiger partial charge on any atom is 0.324 e. The number of rotatable bonds is 5. The molecule has 8 heteroatoms. The molecule has 0 aliphatic carbocycles. The van der Waals surface area contributed by atoms with Crippen molar-refractivity contribution in [3.8, 4) is 5.69 Å². The highest BCUT2D eigenvalue weighted by Gasteiger charge is 2.18. The number of carbonyl (C=O) groups excluding carboxylic acids is 2. The summed E-state index contributed by atoms with van der Waals surface area (Å²) in [4.78, 5) is 29.8. The number of aromatic nitrogens is 3. The van der Waals surface area contributed by atoms with Gasteiger partial charge in [0.1, 0.15) is 5.82 Å². The van der Waals surface area contributed by atoms with Gasteiger partial charge in [0.2, 0.25) is 0 Å². The van der Waals surface area contributed by atoms with Gasteiger partial charge in [0, 0.05) is 34.9 Å². The SMILES string of the molecule is Cc1ccc(C(C)(C)C)cc1-n1nccc1NC(=O)Nc1ccc(NC(=O)c2cccnc2)c2ccccc12. The number of fused-ring (bicyclic) bond motifs is 1. The molecule has 3 N–H and O–H groups in total. The van der Waals surface area contributed by atoms with Crippen LogP contribution in [0.15, 0.2) is 91.4 Å². The minimum atomic E-state index is -0.404. The Balaban J connectivity index is 1.38. The van der Waals surface area contributed by atoms with E-state index in [1.165, 1.54) is 11.8 Å². The molecule has 2 aromatic heterocycles. The number of hydrogen-bond acceptors (Lipinski definition) is 4. The molecule has 5 aromatic rings. The van der Waals surface area contributed by atoms with Crippen LogP contribution in [0.4, 0.5) is 22.0 Å². The van der Waals surface area contributed by atoms with E-state index in [9.17, 15) is 9.59 Å². The molecule has 0 aliphatic heterocycles. The molecular formula is C31H30N6O2. The average molecular weight is 519 g/mol. The fraction of sp³-hybridized carbons (Fsp3) is 0.161. The maximum absolute atomic E-state index is 13.1. The van der Waals surface area contributed by atoms with Crippen LogP contribution in [0.1, 0.15) is 42.3 Å². The van der Waals surface area contributed by atoms with E-state index in [4.69, 9.17) is 0 Å². The molecule has 0 aliphatic rings. The lowest BCUT2D eigenvalue weighted by molar-refractivity contribution is 0.102. The monoisotopic (exact) mass is 518 g/mol. The number of carbonyl (C=O) groups is 2. The van der Waals surface area contributed by atoms with Crippen LogP contribution in [-0.4, -0.2) is 26.7 Å². The normalized spacial score (nSPS) is 11.3. The first kappa shape index (κ1) is 25.7. The van der Waals surface area contributed by atoms with Gasteiger partial charge in [-0.3, -0.25) is 15.1 Å². The van der Waals surface area contributed by atoms with Crippen LogP contribution >= 0.6 is 0 Å². The van der Waals surface area contributed by atoms with E-state index in [2.05, 4.69) is 65.0 Å². The van der Waals surface area contributed by atoms with E-state index in [0.29, 0.717) is 22.8 Å². The number of benzene rings is 3. The fourth-order valence-corrected chi connectivity index (χ4v) is 4.37. The number of nitrogens with zero attached hydrogens (tertiary/aromatic N) is 3. The lowest BCUT2D eigenvalue weighted by Gasteiger charge is -2.21. The highest BCUT2D eigenvalue weighted by Crippen LogP contribution is 2.31. The van der Waals surface area contributed by atoms with Crippen molar-refractivity contribution in [1.82, 2.24) is 14.8 Å². The number of nitrogens with one attached hydrogen (secondary N) is 3. The molecule has 0 fully saturated rings. The Morgan fingerprint density at radius 1 is 0.795 bits per heavy atom. The summed E-state index contributed by atoms with van der Waals surface area (Å²) in [5, 5.41) is 14.9. The summed E-state index contributed by atoms with van der Waals surface area (Å²) < 4.78 is 1.74. The van der Waals surface area contributed by atoms with Gasteiger partial charge in [0.25, 0.3) is 5.91 Å². The molecule has 3 aromatic carbocycles. The highest BCUT2D eigenvalue weighted by molar-refractivity contribution is 6.13. The third-order valence-electron chi connectivity index (χ3n) is 6.53. The first-order valence-corrected chi connectivity index (χ1v) is 12.7. The van der Waals surface area contributed by atoms with Crippen molar-refractivity contribution in [2.45, 2.75) is 33.1 Å². The largest absolute Gasteiger partial charge is 0.324 e. The summed E-state index contributed by atoms with van der Waals surface area (Å²) in [6.07, 6.45) is 4.80. The van der Waals surface area contributed by atoms with Crippen LogP contribution in [0, 0.1) is 6.92 Å². The zero-order valence-corrected chi connectivity index (χ0v) is 22.3. The molecule has 196 valence electrons. The second-order valence-corrected chi connectivity index (χ2v) is 10.4. The lowest BCUT2D eigenvalue weighted by atomic mass is 9.86. The average Bonchev–Trinajstić information content (AvgIpc) is 3.37. The van der Waals surface area contributed by atoms with Crippen molar-refractivity contribution in [3.05, 3.63) is 108 Å². The van der Waals surface area contributed by atoms with E-state index in [0.717, 1.165) is 22.0 Å². The summed E-state index contributed by atoms with van der Waals surface area (Å²) in [7, 11) is 0. The number of hydrogen-bond donors (Lipinski definition) is 3. The van der Waals surface area contributed by atoms with Crippen LogP contribution < -0.4 is 16.0 Å². The van der Waals surface area contributed by atoms with E-state index in [1.807, 2.05) is 31.2 Å². The third-order valence-corrected chi connectivity index (χ3v) is 6.53. The molecule has 0 saturated carbocycles. The molecule has 0 unspecified atom stereocenters. The summed E-state index contributed by atoms with van der Waals surface area (Å²) in [6.45, 7) is 8.51. The molecule has 0 atom stereocenters. The molecule has 8 nitrogen and oxygen atoms in total. The van der Waals surface area contributed by atoms with Gasteiger partial charge in [-0.15, -0.1) is 0 Å². The number of urea groups is 1. The number of aryl methyl sites for hydroxylation is 1. The summed E-state index contributed by atoms with van der Waals surface area (Å²) in [6, 6.07) is 22.2. The summed E-state index contributed by atoms with van der Waals surface area (Å²) in [5.41, 5.74) is 4.81. The fourth-order valence-electron chi connectivity index (χ4n) is 4.37. The molecular weight excluding hydrogens is 488 g/mol. The van der Waals surface area contributed by atoms with E-state index >= 15 is 0 Å². The van der Waals surface area contributed by atoms with Crippen LogP contribution in [0.25, 0.3) is 16.5 Å². The predicted molar refractivity (Wildman–Crippen MR) is 156 cm³/mol. The van der Waals surface area contributed by atoms with Crippen LogP contribution in [0.3, 0.4) is 0 Å². The van der Waals surface area contributed by atoms with Crippen LogP contribution in [-0.2, 0) is 5.41 Å². The van der Waals surface area contributed by atoms with Gasteiger partial charge in [-0.25, -0.2) is 9.48 Å². The van der Waals surface area contributed by atoms with Crippen molar-refractivity contribution in [1.29, 1.82) is 0 Å². The maximum atomic E-state index is 13.1. The Bertz CT molecular complexity index is 1670. The zero-order valence-electron chi connectivity index (χ0n) is 22.3. The van der Waals surface area contributed by atoms with Crippen molar-refractivity contribution >= 4 is 39.9 Å². The van der Waals surface area contributed by atoms with Crippen molar-refractivity contribution in [2.75, 3.05) is 16.0 Å². The minimum Gasteiger partial charge on any atom is -0.321 e. The van der Waals surface area contributed by atoms with Crippen molar-refractivity contribution in [3.63, 3.8) is 0 Å². The van der Waals surface area contributed by atoms with Crippen molar-refractivity contribution in [2.24, 2.45) is 0 Å². The Hall–Kier alpha value is -4.98. The van der Waals surface area contributed by atoms with E-state index in [1.54, 1.807) is 47.4 Å². The van der Waals surface area contributed by atoms with Gasteiger partial charge in [-0.1, -0.05) is 57.2 Å². The van der Waals surface area contributed by atoms with E-state index in [-0.39, 0.29) is 11.3 Å². The number of amides is 3. The van der Waals surface area contributed by atoms with Gasteiger partial charge in [-0.05, 0) is 53.8 Å². The smallest absolute Gasteiger partial charge is 0.321 e. The Morgan fingerprint density at radius 2 is 1.51 bits per heavy atom. The second-order valence-electron chi connectivity index (χ2n) is 10.4. The van der Waals surface area contributed by atoms with E-state index < -0.39 is 6.03 Å². The highest BCUT2D eigenvalue weighted by atomic mass is 16.2. The Kier molecular flexibility index (Phi) is 6.85. The van der Waals surface area contributed by atoms with Gasteiger partial charge in [0.15, 0.2) is 0 Å². The Labute approximate surface area is 227 Å². The molecule has 0 bridgehead atoms. The molecule has 0 spiro atoms. The Morgan fingerprint density at radius 3 is 2.18 bits per heavy atom. The summed E-state index contributed by atoms with van der Waals surface area (Å²) >= 11 is 0. The molecule has 0 saturated heterocycles. The first-order valence-electron chi connectivity index (χ1n) is 12.7. The predicted octanol–water partition coefficient (Wildman–Crippen LogP) is 6.92. The number of anilines is 3. The quantitative estimate of drug-likeness (QED) is 0.235. The molecule has 0 radical (unpaired) electrons. The topological polar surface area (TPSA) is 101 Å². The number of pyridine rings is 1. The third kappa shape index (κ3) is 5.50. The summed E-state index contributed by atoms with van der Waals surface area (Å²) in [5.74, 6) is 0.289. The second kappa shape index (κ2) is 10.4. The standard InChI is InChI=1S/C31H30N6O2/c1-20-11-12-22(31(2,3)4)18-27(20)37-28(15-17-33-37)36-30(39)35-26-14-13-25(23-9-5-6-10-24(23)26)34-29(38)21-8-7-16-32-19-21/h5-19H,1-4H3,(H,34,38)(H2,35,36,39). The van der Waals surface area contributed by atoms with Crippen LogP contribution in [0.5, 0.6) is 0 Å². The minimum absolute atomic E-state index is 0.0226. The zero-order chi connectivity index (χ0) is 27.6. The van der Waals surface area contributed by atoms with Gasteiger partial charge >= 0.3 is 6.03 Å². The molecule has 3 amide bonds. The molecule has 2 heterocycles. The molecule has 39 heavy (non-hydrogen) atoms. The first-order chi connectivity index (χ1) is 18.7. The van der Waals surface area contributed by atoms with Crippen LogP contribution in [0.2, 0.25) is 0 Å². The molecule has 5 rings (SSSR count). The van der Waals surface area contributed by atoms with Gasteiger partial charge in [-0.2, -0.15) is 5.10 Å². The lowest BCUT2D eigenvalue weighted by Crippen LogP contribution is -2.22. The van der Waals surface area contributed by atoms with Crippen molar-refractivity contribution < 1.29 is 9.59 Å². The van der Waals surface area contributed by atoms with Gasteiger partial charge in [0.05, 0.1) is 23.1 Å².